The van der Waals surface area contributed by atoms with Gasteiger partial charge in [-0.1, -0.05) is 6.92 Å². The lowest BCUT2D eigenvalue weighted by Crippen LogP contribution is -2.34. The molecule has 0 bridgehead atoms. The van der Waals surface area contributed by atoms with Gasteiger partial charge in [0, 0.05) is 13.1 Å². The highest BCUT2D eigenvalue weighted by Gasteiger charge is 2.12. The summed E-state index contributed by atoms with van der Waals surface area (Å²) in [6.07, 6.45) is 2.01. The van der Waals surface area contributed by atoms with Crippen molar-refractivity contribution in [2.75, 3.05) is 39.3 Å². The molecule has 4 heteroatoms. The van der Waals surface area contributed by atoms with Gasteiger partial charge in [0.25, 0.3) is 0 Å². The molecule has 0 radical (unpaired) electrons. The molecule has 1 fully saturated rings. The zero-order valence-electron chi connectivity index (χ0n) is 8.92. The first-order valence-electron chi connectivity index (χ1n) is 5.41. The van der Waals surface area contributed by atoms with Crippen molar-refractivity contribution in [2.45, 2.75) is 19.8 Å². The van der Waals surface area contributed by atoms with Crippen LogP contribution >= 0.6 is 0 Å². The van der Waals surface area contributed by atoms with E-state index in [4.69, 9.17) is 4.74 Å². The predicted octanol–water partition coefficient (Wildman–Crippen LogP) is 0.235. The largest absolute Gasteiger partial charge is 0.465 e. The standard InChI is InChI=1S/C10H20N2O2/c1-2-8-14-10(13)9-12-6-3-4-11-5-7-12/h11H,2-9H2,1H3. The van der Waals surface area contributed by atoms with Gasteiger partial charge in [0.15, 0.2) is 0 Å². The molecule has 82 valence electrons. The molecule has 0 spiro atoms. The SMILES string of the molecule is CCCOC(=O)CN1CCCNCC1. The van der Waals surface area contributed by atoms with Gasteiger partial charge in [0.2, 0.25) is 0 Å². The van der Waals surface area contributed by atoms with Gasteiger partial charge in [0.1, 0.15) is 0 Å². The lowest BCUT2D eigenvalue weighted by Gasteiger charge is -2.17. The van der Waals surface area contributed by atoms with Crippen molar-refractivity contribution in [2.24, 2.45) is 0 Å². The van der Waals surface area contributed by atoms with Crippen LogP contribution in [-0.4, -0.2) is 50.2 Å². The number of hydrogen-bond acceptors (Lipinski definition) is 4. The minimum absolute atomic E-state index is 0.0891. The summed E-state index contributed by atoms with van der Waals surface area (Å²) in [6.45, 7) is 6.97. The summed E-state index contributed by atoms with van der Waals surface area (Å²) in [4.78, 5) is 13.4. The molecule has 0 unspecified atom stereocenters. The van der Waals surface area contributed by atoms with E-state index >= 15 is 0 Å². The Morgan fingerprint density at radius 1 is 1.43 bits per heavy atom. The van der Waals surface area contributed by atoms with E-state index in [1.807, 2.05) is 6.92 Å². The van der Waals surface area contributed by atoms with Crippen molar-refractivity contribution in [1.82, 2.24) is 10.2 Å². The third kappa shape index (κ3) is 4.58. The Hall–Kier alpha value is -0.610. The van der Waals surface area contributed by atoms with Crippen molar-refractivity contribution < 1.29 is 9.53 Å². The van der Waals surface area contributed by atoms with Crippen LogP contribution in [0.1, 0.15) is 19.8 Å². The van der Waals surface area contributed by atoms with Crippen LogP contribution in [0.2, 0.25) is 0 Å². The molecular weight excluding hydrogens is 180 g/mol. The number of hydrogen-bond donors (Lipinski definition) is 1. The minimum atomic E-state index is -0.0891. The number of nitrogens with one attached hydrogen (secondary N) is 1. The normalized spacial score (nSPS) is 18.9. The predicted molar refractivity (Wildman–Crippen MR) is 55.2 cm³/mol. The number of carbonyl (C=O) groups excluding carboxylic acids is 1. The summed E-state index contributed by atoms with van der Waals surface area (Å²) in [5, 5.41) is 3.30. The second-order valence-electron chi connectivity index (χ2n) is 3.60. The van der Waals surface area contributed by atoms with Crippen molar-refractivity contribution in [3.8, 4) is 0 Å². The Morgan fingerprint density at radius 3 is 3.07 bits per heavy atom. The summed E-state index contributed by atoms with van der Waals surface area (Å²) in [7, 11) is 0. The fourth-order valence-electron chi connectivity index (χ4n) is 1.50. The van der Waals surface area contributed by atoms with Crippen molar-refractivity contribution >= 4 is 5.97 Å². The van der Waals surface area contributed by atoms with Crippen molar-refractivity contribution in [3.63, 3.8) is 0 Å². The van der Waals surface area contributed by atoms with Crippen molar-refractivity contribution in [1.29, 1.82) is 0 Å². The number of carbonyl (C=O) groups is 1. The quantitative estimate of drug-likeness (QED) is 0.660. The molecule has 1 saturated heterocycles. The maximum atomic E-state index is 11.3. The second kappa shape index (κ2) is 6.79. The lowest BCUT2D eigenvalue weighted by molar-refractivity contribution is -0.144. The lowest BCUT2D eigenvalue weighted by atomic mass is 10.4. The Bertz CT molecular complexity index is 166. The van der Waals surface area contributed by atoms with E-state index in [9.17, 15) is 4.79 Å². The maximum Gasteiger partial charge on any atom is 0.320 e. The van der Waals surface area contributed by atoms with Crippen LogP contribution in [0.3, 0.4) is 0 Å². The van der Waals surface area contributed by atoms with E-state index in [0.717, 1.165) is 39.0 Å². The van der Waals surface area contributed by atoms with Gasteiger partial charge < -0.3 is 10.1 Å². The first kappa shape index (κ1) is 11.5. The Balaban J connectivity index is 2.17. The number of nitrogens with zero attached hydrogens (tertiary/aromatic N) is 1. The molecule has 0 aromatic heterocycles. The molecule has 1 aliphatic heterocycles. The first-order chi connectivity index (χ1) is 6.83. The van der Waals surface area contributed by atoms with Crippen LogP contribution in [0.5, 0.6) is 0 Å². The third-order valence-electron chi connectivity index (χ3n) is 2.25. The third-order valence-corrected chi connectivity index (χ3v) is 2.25. The van der Waals surface area contributed by atoms with Crippen molar-refractivity contribution in [3.05, 3.63) is 0 Å². The van der Waals surface area contributed by atoms with Gasteiger partial charge in [-0.25, -0.2) is 0 Å². The molecule has 0 atom stereocenters. The minimum Gasteiger partial charge on any atom is -0.465 e. The van der Waals surface area contributed by atoms with Crippen LogP contribution < -0.4 is 5.32 Å². The molecule has 0 amide bonds. The number of esters is 1. The number of ether oxygens (including phenoxy) is 1. The summed E-state index contributed by atoms with van der Waals surface area (Å²) >= 11 is 0. The van der Waals surface area contributed by atoms with Gasteiger partial charge in [0.05, 0.1) is 13.2 Å². The molecule has 1 aliphatic rings. The van der Waals surface area contributed by atoms with E-state index < -0.39 is 0 Å². The van der Waals surface area contributed by atoms with E-state index in [1.54, 1.807) is 0 Å². The fraction of sp³-hybridized carbons (Fsp3) is 0.900. The van der Waals surface area contributed by atoms with Gasteiger partial charge in [-0.2, -0.15) is 0 Å². The molecule has 0 aromatic carbocycles. The molecule has 0 aromatic rings. The van der Waals surface area contributed by atoms with Gasteiger partial charge in [-0.3, -0.25) is 9.69 Å². The highest BCUT2D eigenvalue weighted by Crippen LogP contribution is 1.96. The number of rotatable bonds is 4. The molecular formula is C10H20N2O2. The molecule has 1 N–H and O–H groups in total. The molecule has 14 heavy (non-hydrogen) atoms. The van der Waals surface area contributed by atoms with E-state index in [1.165, 1.54) is 0 Å². The molecule has 1 rings (SSSR count). The highest BCUT2D eigenvalue weighted by molar-refractivity contribution is 5.71. The Labute approximate surface area is 85.6 Å². The van der Waals surface area contributed by atoms with E-state index in [2.05, 4.69) is 10.2 Å². The smallest absolute Gasteiger partial charge is 0.320 e. The zero-order chi connectivity index (χ0) is 10.2. The second-order valence-corrected chi connectivity index (χ2v) is 3.60. The Morgan fingerprint density at radius 2 is 2.29 bits per heavy atom. The zero-order valence-corrected chi connectivity index (χ0v) is 8.92. The van der Waals surface area contributed by atoms with Gasteiger partial charge in [-0.05, 0) is 25.9 Å². The van der Waals surface area contributed by atoms with Crippen LogP contribution in [0.15, 0.2) is 0 Å². The molecule has 4 nitrogen and oxygen atoms in total. The Kier molecular flexibility index (Phi) is 5.56. The summed E-state index contributed by atoms with van der Waals surface area (Å²) in [5.41, 5.74) is 0. The summed E-state index contributed by atoms with van der Waals surface area (Å²) < 4.78 is 5.03. The summed E-state index contributed by atoms with van der Waals surface area (Å²) in [6, 6.07) is 0. The topological polar surface area (TPSA) is 41.6 Å². The van der Waals surface area contributed by atoms with E-state index in [-0.39, 0.29) is 5.97 Å². The fourth-order valence-corrected chi connectivity index (χ4v) is 1.50. The monoisotopic (exact) mass is 200 g/mol. The highest BCUT2D eigenvalue weighted by atomic mass is 16.5. The first-order valence-corrected chi connectivity index (χ1v) is 5.41. The molecule has 1 heterocycles. The summed E-state index contributed by atoms with van der Waals surface area (Å²) in [5.74, 6) is -0.0891. The van der Waals surface area contributed by atoms with Crippen LogP contribution in [-0.2, 0) is 9.53 Å². The van der Waals surface area contributed by atoms with Gasteiger partial charge >= 0.3 is 5.97 Å². The van der Waals surface area contributed by atoms with Crippen LogP contribution in [0, 0.1) is 0 Å². The van der Waals surface area contributed by atoms with Crippen LogP contribution in [0.4, 0.5) is 0 Å². The van der Waals surface area contributed by atoms with Crippen LogP contribution in [0.25, 0.3) is 0 Å². The van der Waals surface area contributed by atoms with Gasteiger partial charge in [-0.15, -0.1) is 0 Å². The average Bonchev–Trinajstić information content (AvgIpc) is 2.43. The van der Waals surface area contributed by atoms with E-state index in [0.29, 0.717) is 13.2 Å². The average molecular weight is 200 g/mol. The molecule has 0 saturated carbocycles. The molecule has 0 aliphatic carbocycles. The maximum absolute atomic E-state index is 11.3.